The first-order valence-corrected chi connectivity index (χ1v) is 11.5. The molecule has 32 heavy (non-hydrogen) atoms. The molecule has 0 unspecified atom stereocenters. The van der Waals surface area contributed by atoms with Gasteiger partial charge < -0.3 is 24.8 Å². The molecular formula is C23H26N4O4S. The molecule has 0 atom stereocenters. The van der Waals surface area contributed by atoms with E-state index in [9.17, 15) is 4.79 Å². The maximum atomic E-state index is 13.4. The van der Waals surface area contributed by atoms with Crippen LogP contribution < -0.4 is 15.2 Å². The zero-order valence-corrected chi connectivity index (χ0v) is 19.2. The van der Waals surface area contributed by atoms with E-state index in [2.05, 4.69) is 15.6 Å². The van der Waals surface area contributed by atoms with Gasteiger partial charge in [-0.25, -0.2) is 0 Å². The number of amides is 1. The van der Waals surface area contributed by atoms with Gasteiger partial charge in [0.15, 0.2) is 5.69 Å². The van der Waals surface area contributed by atoms with Crippen LogP contribution in [-0.4, -0.2) is 53.4 Å². The van der Waals surface area contributed by atoms with Crippen molar-refractivity contribution in [3.63, 3.8) is 0 Å². The van der Waals surface area contributed by atoms with Crippen LogP contribution in [0.4, 0.5) is 0 Å². The van der Waals surface area contributed by atoms with E-state index in [0.29, 0.717) is 43.5 Å². The summed E-state index contributed by atoms with van der Waals surface area (Å²) in [6.45, 7) is 6.10. The molecule has 0 aliphatic carbocycles. The summed E-state index contributed by atoms with van der Waals surface area (Å²) in [4.78, 5) is 15.3. The van der Waals surface area contributed by atoms with E-state index in [1.807, 2.05) is 36.3 Å². The minimum atomic E-state index is -0.402. The molecule has 5 rings (SSSR count). The van der Waals surface area contributed by atoms with Crippen LogP contribution in [0.25, 0.3) is 22.4 Å². The second-order valence-electron chi connectivity index (χ2n) is 8.57. The molecule has 0 bridgehead atoms. The normalized spacial score (nSPS) is 16.8. The summed E-state index contributed by atoms with van der Waals surface area (Å²) >= 11 is 1.60. The number of nitrogens with zero attached hydrogens (tertiary/aromatic N) is 2. The van der Waals surface area contributed by atoms with Crippen LogP contribution in [0.1, 0.15) is 35.5 Å². The van der Waals surface area contributed by atoms with Gasteiger partial charge in [0.1, 0.15) is 18.1 Å². The van der Waals surface area contributed by atoms with Crippen molar-refractivity contribution in [2.45, 2.75) is 32.5 Å². The number of hydrogen-bond acceptors (Lipinski definition) is 7. The van der Waals surface area contributed by atoms with Gasteiger partial charge in [-0.05, 0) is 42.3 Å². The molecule has 0 saturated carbocycles. The van der Waals surface area contributed by atoms with E-state index < -0.39 is 5.54 Å². The number of morpholine rings is 1. The van der Waals surface area contributed by atoms with Crippen molar-refractivity contribution in [3.05, 3.63) is 39.7 Å². The van der Waals surface area contributed by atoms with Crippen LogP contribution in [0, 0.1) is 0 Å². The number of hydrogen-bond donors (Lipinski definition) is 2. The first kappa shape index (κ1) is 21.0. The molecule has 1 amide bonds. The van der Waals surface area contributed by atoms with E-state index >= 15 is 0 Å². The number of H-pyrrole nitrogens is 1. The molecule has 2 aliphatic rings. The van der Waals surface area contributed by atoms with Crippen molar-refractivity contribution in [3.8, 4) is 33.9 Å². The van der Waals surface area contributed by atoms with Crippen molar-refractivity contribution >= 4 is 17.2 Å². The Morgan fingerprint density at radius 1 is 1.44 bits per heavy atom. The number of methoxy groups -OCH3 is 1. The van der Waals surface area contributed by atoms with Gasteiger partial charge in [0, 0.05) is 29.8 Å². The second kappa shape index (κ2) is 7.91. The van der Waals surface area contributed by atoms with Gasteiger partial charge in [-0.3, -0.25) is 9.89 Å². The van der Waals surface area contributed by atoms with Gasteiger partial charge in [-0.15, -0.1) is 0 Å². The molecule has 1 fully saturated rings. The molecular weight excluding hydrogens is 428 g/mol. The quantitative estimate of drug-likeness (QED) is 0.626. The van der Waals surface area contributed by atoms with Gasteiger partial charge in [-0.2, -0.15) is 16.4 Å². The Labute approximate surface area is 190 Å². The topological polar surface area (TPSA) is 103 Å². The lowest BCUT2D eigenvalue weighted by atomic mass is 9.93. The SMILES string of the molecule is COc1c(CN)cc2c(c1-c1ccsc1)OCc1c(C(=O)N3CCOCC3(C)C)n[nH]c1-2. The number of carbonyl (C=O) groups excluding carboxylic acids is 1. The maximum absolute atomic E-state index is 13.4. The zero-order valence-electron chi connectivity index (χ0n) is 18.4. The highest BCUT2D eigenvalue weighted by molar-refractivity contribution is 7.08. The number of aromatic nitrogens is 2. The Morgan fingerprint density at radius 2 is 2.28 bits per heavy atom. The summed E-state index contributed by atoms with van der Waals surface area (Å²) in [7, 11) is 1.64. The predicted molar refractivity (Wildman–Crippen MR) is 122 cm³/mol. The Morgan fingerprint density at radius 3 is 2.97 bits per heavy atom. The number of rotatable bonds is 4. The van der Waals surface area contributed by atoms with E-state index in [1.54, 1.807) is 18.4 Å². The lowest BCUT2D eigenvalue weighted by Crippen LogP contribution is -2.55. The molecule has 0 spiro atoms. The van der Waals surface area contributed by atoms with Crippen molar-refractivity contribution in [2.24, 2.45) is 5.73 Å². The monoisotopic (exact) mass is 454 g/mol. The Hall–Kier alpha value is -2.88. The van der Waals surface area contributed by atoms with E-state index in [1.165, 1.54) is 0 Å². The second-order valence-corrected chi connectivity index (χ2v) is 9.35. The highest BCUT2D eigenvalue weighted by atomic mass is 32.1. The molecule has 3 N–H and O–H groups in total. The lowest BCUT2D eigenvalue weighted by Gasteiger charge is -2.41. The minimum absolute atomic E-state index is 0.117. The molecule has 168 valence electrons. The van der Waals surface area contributed by atoms with Crippen LogP contribution in [0.5, 0.6) is 11.5 Å². The average molecular weight is 455 g/mol. The summed E-state index contributed by atoms with van der Waals surface area (Å²) in [5, 5.41) is 11.6. The molecule has 8 nitrogen and oxygen atoms in total. The molecule has 0 radical (unpaired) electrons. The van der Waals surface area contributed by atoms with Crippen LogP contribution in [-0.2, 0) is 17.9 Å². The number of carbonyl (C=O) groups is 1. The fourth-order valence-electron chi connectivity index (χ4n) is 4.51. The summed E-state index contributed by atoms with van der Waals surface area (Å²) in [5.41, 5.74) is 11.2. The van der Waals surface area contributed by atoms with Crippen LogP contribution in [0.15, 0.2) is 22.9 Å². The van der Waals surface area contributed by atoms with Crippen molar-refractivity contribution in [2.75, 3.05) is 26.9 Å². The summed E-state index contributed by atoms with van der Waals surface area (Å²) in [5.74, 6) is 1.30. The Balaban J connectivity index is 1.63. The number of nitrogens with two attached hydrogens (primary N) is 1. The number of nitrogens with one attached hydrogen (secondary N) is 1. The van der Waals surface area contributed by atoms with Crippen molar-refractivity contribution in [1.29, 1.82) is 0 Å². The number of fused-ring (bicyclic) bond motifs is 3. The highest BCUT2D eigenvalue weighted by Gasteiger charge is 2.38. The van der Waals surface area contributed by atoms with Gasteiger partial charge in [-0.1, -0.05) is 0 Å². The van der Waals surface area contributed by atoms with Crippen LogP contribution >= 0.6 is 11.3 Å². The number of aromatic amines is 1. The number of ether oxygens (including phenoxy) is 3. The predicted octanol–water partition coefficient (Wildman–Crippen LogP) is 3.42. The Bertz CT molecular complexity index is 1170. The third-order valence-electron chi connectivity index (χ3n) is 6.13. The van der Waals surface area contributed by atoms with E-state index in [0.717, 1.165) is 33.5 Å². The third kappa shape index (κ3) is 3.19. The fraction of sp³-hybridized carbons (Fsp3) is 0.391. The smallest absolute Gasteiger partial charge is 0.275 e. The van der Waals surface area contributed by atoms with Crippen molar-refractivity contribution in [1.82, 2.24) is 15.1 Å². The Kier molecular flexibility index (Phi) is 5.19. The van der Waals surface area contributed by atoms with Gasteiger partial charge in [0.05, 0.1) is 37.1 Å². The standard InChI is InChI=1S/C23H26N4O4S/c1-23(2)12-30-6-5-27(23)22(28)19-16-10-31-21-15(18(16)25-26-19)8-14(9-24)20(29-3)17(21)13-4-7-32-11-13/h4,7-8,11H,5-6,9-10,12,24H2,1-3H3,(H,25,26). The molecule has 2 aromatic heterocycles. The molecule has 1 saturated heterocycles. The van der Waals surface area contributed by atoms with Gasteiger partial charge in [0.25, 0.3) is 5.91 Å². The molecule has 9 heteroatoms. The minimum Gasteiger partial charge on any atom is -0.496 e. The zero-order chi connectivity index (χ0) is 22.5. The first-order valence-electron chi connectivity index (χ1n) is 10.5. The van der Waals surface area contributed by atoms with Crippen LogP contribution in [0.2, 0.25) is 0 Å². The largest absolute Gasteiger partial charge is 0.496 e. The third-order valence-corrected chi connectivity index (χ3v) is 6.82. The first-order chi connectivity index (χ1) is 15.5. The lowest BCUT2D eigenvalue weighted by molar-refractivity contribution is -0.0374. The highest BCUT2D eigenvalue weighted by Crippen LogP contribution is 2.50. The number of benzene rings is 1. The summed E-state index contributed by atoms with van der Waals surface area (Å²) in [6.07, 6.45) is 0. The van der Waals surface area contributed by atoms with E-state index in [-0.39, 0.29) is 12.5 Å². The fourth-order valence-corrected chi connectivity index (χ4v) is 5.15. The van der Waals surface area contributed by atoms with E-state index in [4.69, 9.17) is 19.9 Å². The maximum Gasteiger partial charge on any atom is 0.275 e. The molecule has 1 aromatic carbocycles. The van der Waals surface area contributed by atoms with Crippen LogP contribution in [0.3, 0.4) is 0 Å². The molecule has 2 aliphatic heterocycles. The molecule has 3 aromatic rings. The van der Waals surface area contributed by atoms with Gasteiger partial charge >= 0.3 is 0 Å². The molecule has 4 heterocycles. The van der Waals surface area contributed by atoms with Gasteiger partial charge in [0.2, 0.25) is 0 Å². The van der Waals surface area contributed by atoms with Crippen molar-refractivity contribution < 1.29 is 19.0 Å². The summed E-state index contributed by atoms with van der Waals surface area (Å²) < 4.78 is 17.6. The summed E-state index contributed by atoms with van der Waals surface area (Å²) in [6, 6.07) is 4.00. The number of thiophene rings is 1. The average Bonchev–Trinajstić information content (AvgIpc) is 3.47.